The van der Waals surface area contributed by atoms with Crippen molar-refractivity contribution in [2.75, 3.05) is 30.5 Å². The number of rotatable bonds is 5. The van der Waals surface area contributed by atoms with Gasteiger partial charge in [0.15, 0.2) is 0 Å². The van der Waals surface area contributed by atoms with Crippen molar-refractivity contribution in [3.05, 3.63) is 64.2 Å². The average Bonchev–Trinajstić information content (AvgIpc) is 2.71. The smallest absolute Gasteiger partial charge is 0.108 e. The van der Waals surface area contributed by atoms with Crippen LogP contribution >= 0.6 is 23.4 Å². The van der Waals surface area contributed by atoms with Gasteiger partial charge in [0.2, 0.25) is 0 Å². The molecule has 28 heavy (non-hydrogen) atoms. The molecule has 0 unspecified atom stereocenters. The van der Waals surface area contributed by atoms with E-state index in [2.05, 4.69) is 41.3 Å². The molecule has 1 spiro atoms. The van der Waals surface area contributed by atoms with Gasteiger partial charge in [-0.1, -0.05) is 35.9 Å². The highest BCUT2D eigenvalue weighted by molar-refractivity contribution is 7.99. The molecule has 3 nitrogen and oxygen atoms in total. The number of nitrogens with zero attached hydrogens (tertiary/aromatic N) is 1. The van der Waals surface area contributed by atoms with Gasteiger partial charge in [0.05, 0.1) is 13.2 Å². The zero-order valence-corrected chi connectivity index (χ0v) is 17.9. The summed E-state index contributed by atoms with van der Waals surface area (Å²) >= 11 is 8.22. The Morgan fingerprint density at radius 2 is 2.00 bits per heavy atom. The zero-order valence-electron chi connectivity index (χ0n) is 16.3. The molecule has 2 heterocycles. The van der Waals surface area contributed by atoms with Crippen LogP contribution < -0.4 is 5.32 Å². The largest absolute Gasteiger partial charge is 0.384 e. The molecule has 2 aliphatic heterocycles. The van der Waals surface area contributed by atoms with Gasteiger partial charge in [0.1, 0.15) is 5.84 Å². The van der Waals surface area contributed by atoms with Gasteiger partial charge in [-0.3, -0.25) is 4.99 Å². The SMILES string of the molecule is COCCc1cccc2c1CC1(CCSCC1)C(=NCc1cccc(Cl)c1)N2. The number of amidine groups is 1. The predicted molar refractivity (Wildman–Crippen MR) is 121 cm³/mol. The van der Waals surface area contributed by atoms with Crippen LogP contribution in [0.1, 0.15) is 29.5 Å². The van der Waals surface area contributed by atoms with E-state index in [1.165, 1.54) is 41.2 Å². The fraction of sp³-hybridized carbons (Fsp3) is 0.435. The number of thioether (sulfide) groups is 1. The monoisotopic (exact) mass is 414 g/mol. The number of fused-ring (bicyclic) bond motifs is 1. The summed E-state index contributed by atoms with van der Waals surface area (Å²) in [6, 6.07) is 14.6. The lowest BCUT2D eigenvalue weighted by molar-refractivity contribution is 0.202. The quantitative estimate of drug-likeness (QED) is 0.690. The van der Waals surface area contributed by atoms with E-state index >= 15 is 0 Å². The average molecular weight is 415 g/mol. The topological polar surface area (TPSA) is 33.6 Å². The summed E-state index contributed by atoms with van der Waals surface area (Å²) in [7, 11) is 1.77. The molecule has 148 valence electrons. The van der Waals surface area contributed by atoms with Gasteiger partial charge in [0.25, 0.3) is 0 Å². The minimum absolute atomic E-state index is 0.125. The van der Waals surface area contributed by atoms with Gasteiger partial charge in [-0.25, -0.2) is 0 Å². The normalized spacial score (nSPS) is 19.4. The van der Waals surface area contributed by atoms with Crippen molar-refractivity contribution < 1.29 is 4.74 Å². The molecule has 5 heteroatoms. The Morgan fingerprint density at radius 3 is 2.79 bits per heavy atom. The Balaban J connectivity index is 1.67. The molecule has 2 aromatic rings. The van der Waals surface area contributed by atoms with Crippen LogP contribution in [0.2, 0.25) is 5.02 Å². The molecule has 0 aromatic heterocycles. The Bertz CT molecular complexity index is 861. The third kappa shape index (κ3) is 4.24. The van der Waals surface area contributed by atoms with Gasteiger partial charge in [-0.2, -0.15) is 11.8 Å². The van der Waals surface area contributed by atoms with E-state index in [0.717, 1.165) is 35.9 Å². The van der Waals surface area contributed by atoms with Crippen molar-refractivity contribution in [1.29, 1.82) is 0 Å². The van der Waals surface area contributed by atoms with Crippen molar-refractivity contribution in [1.82, 2.24) is 0 Å². The first kappa shape index (κ1) is 19.8. The summed E-state index contributed by atoms with van der Waals surface area (Å²) in [5.41, 5.74) is 5.34. The molecule has 0 radical (unpaired) electrons. The molecule has 0 amide bonds. The number of hydrogen-bond donors (Lipinski definition) is 1. The molecular weight excluding hydrogens is 388 g/mol. The van der Waals surface area contributed by atoms with Crippen LogP contribution in [-0.2, 0) is 24.1 Å². The number of nitrogens with one attached hydrogen (secondary N) is 1. The molecule has 4 rings (SSSR count). The third-order valence-electron chi connectivity index (χ3n) is 5.88. The van der Waals surface area contributed by atoms with E-state index in [0.29, 0.717) is 6.54 Å². The number of ether oxygens (including phenoxy) is 1. The van der Waals surface area contributed by atoms with Crippen LogP contribution in [0, 0.1) is 5.41 Å². The van der Waals surface area contributed by atoms with Crippen molar-refractivity contribution >= 4 is 34.9 Å². The lowest BCUT2D eigenvalue weighted by Gasteiger charge is -2.43. The molecule has 0 aliphatic carbocycles. The van der Waals surface area contributed by atoms with Crippen LogP contribution in [0.4, 0.5) is 5.69 Å². The highest BCUT2D eigenvalue weighted by Crippen LogP contribution is 2.45. The first-order chi connectivity index (χ1) is 13.7. The van der Waals surface area contributed by atoms with Crippen LogP contribution in [0.15, 0.2) is 47.5 Å². The summed E-state index contributed by atoms with van der Waals surface area (Å²) in [6.45, 7) is 1.42. The Kier molecular flexibility index (Phi) is 6.29. The molecule has 2 aromatic carbocycles. The van der Waals surface area contributed by atoms with Gasteiger partial charge >= 0.3 is 0 Å². The number of benzene rings is 2. The standard InChI is InChI=1S/C23H27ClN2OS/c1-27-11-8-18-5-3-7-21-20(18)15-23(9-12-28-13-10-23)22(26-21)25-16-17-4-2-6-19(24)14-17/h2-7,14H,8-13,15-16H2,1H3,(H,25,26). The number of anilines is 1. The number of aliphatic imine (C=N–C) groups is 1. The molecular formula is C23H27ClN2OS. The van der Waals surface area contributed by atoms with Gasteiger partial charge < -0.3 is 10.1 Å². The first-order valence-electron chi connectivity index (χ1n) is 9.94. The molecule has 1 saturated heterocycles. The second-order valence-corrected chi connectivity index (χ2v) is 9.34. The number of halogens is 1. The van der Waals surface area contributed by atoms with Crippen LogP contribution in [0.3, 0.4) is 0 Å². The van der Waals surface area contributed by atoms with E-state index in [-0.39, 0.29) is 5.41 Å². The fourth-order valence-corrected chi connectivity index (χ4v) is 5.76. The number of methoxy groups -OCH3 is 1. The summed E-state index contributed by atoms with van der Waals surface area (Å²) < 4.78 is 5.33. The maximum Gasteiger partial charge on any atom is 0.108 e. The van der Waals surface area contributed by atoms with E-state index in [1.54, 1.807) is 7.11 Å². The minimum Gasteiger partial charge on any atom is -0.384 e. The Labute approximate surface area is 176 Å². The molecule has 0 atom stereocenters. The summed E-state index contributed by atoms with van der Waals surface area (Å²) in [5.74, 6) is 3.56. The molecule has 0 bridgehead atoms. The van der Waals surface area contributed by atoms with Gasteiger partial charge in [-0.15, -0.1) is 0 Å². The highest BCUT2D eigenvalue weighted by Gasteiger charge is 2.41. The van der Waals surface area contributed by atoms with Crippen molar-refractivity contribution in [2.45, 2.75) is 32.2 Å². The fourth-order valence-electron chi connectivity index (χ4n) is 4.28. The van der Waals surface area contributed by atoms with Crippen LogP contribution in [-0.4, -0.2) is 31.1 Å². The lowest BCUT2D eigenvalue weighted by Crippen LogP contribution is -2.45. The van der Waals surface area contributed by atoms with E-state index in [1.807, 2.05) is 18.2 Å². The van der Waals surface area contributed by atoms with E-state index in [4.69, 9.17) is 21.3 Å². The lowest BCUT2D eigenvalue weighted by atomic mass is 9.71. The van der Waals surface area contributed by atoms with E-state index < -0.39 is 0 Å². The van der Waals surface area contributed by atoms with E-state index in [9.17, 15) is 0 Å². The van der Waals surface area contributed by atoms with Crippen molar-refractivity contribution in [3.8, 4) is 0 Å². The maximum atomic E-state index is 6.16. The molecule has 1 fully saturated rings. The first-order valence-corrected chi connectivity index (χ1v) is 11.5. The molecule has 1 N–H and O–H groups in total. The molecule has 2 aliphatic rings. The number of hydrogen-bond acceptors (Lipinski definition) is 3. The summed E-state index contributed by atoms with van der Waals surface area (Å²) in [4.78, 5) is 5.08. The van der Waals surface area contributed by atoms with Gasteiger partial charge in [-0.05, 0) is 72.1 Å². The summed E-state index contributed by atoms with van der Waals surface area (Å²) in [5, 5.41) is 4.50. The second-order valence-electron chi connectivity index (χ2n) is 7.68. The summed E-state index contributed by atoms with van der Waals surface area (Å²) in [6.07, 6.45) is 4.39. The predicted octanol–water partition coefficient (Wildman–Crippen LogP) is 5.61. The third-order valence-corrected chi connectivity index (χ3v) is 7.10. The van der Waals surface area contributed by atoms with Crippen molar-refractivity contribution in [2.24, 2.45) is 10.4 Å². The maximum absolute atomic E-state index is 6.16. The Morgan fingerprint density at radius 1 is 1.18 bits per heavy atom. The molecule has 0 saturated carbocycles. The van der Waals surface area contributed by atoms with Crippen LogP contribution in [0.25, 0.3) is 0 Å². The van der Waals surface area contributed by atoms with Crippen LogP contribution in [0.5, 0.6) is 0 Å². The second kappa shape index (κ2) is 8.89. The Hall–Kier alpha value is -1.49. The minimum atomic E-state index is 0.125. The highest BCUT2D eigenvalue weighted by atomic mass is 35.5. The zero-order chi connectivity index (χ0) is 19.4. The van der Waals surface area contributed by atoms with Crippen molar-refractivity contribution in [3.63, 3.8) is 0 Å². The van der Waals surface area contributed by atoms with Gasteiger partial charge in [0, 0.05) is 23.2 Å².